The molecule has 1 nitrogen and oxygen atoms in total. The van der Waals surface area contributed by atoms with Crippen LogP contribution in [0, 0.1) is 24.2 Å². The van der Waals surface area contributed by atoms with Crippen molar-refractivity contribution in [1.29, 1.82) is 0 Å². The fourth-order valence-corrected chi connectivity index (χ4v) is 0.851. The van der Waals surface area contributed by atoms with Gasteiger partial charge in [0.15, 0.2) is 6.10 Å². The minimum atomic E-state index is -0.879. The Morgan fingerprint density at radius 3 is 2.67 bits per heavy atom. The largest absolute Gasteiger partial charge is 0.369 e. The zero-order valence-corrected chi connectivity index (χ0v) is 7.64. The molecule has 66 valence electrons. The van der Waals surface area contributed by atoms with E-state index in [1.807, 2.05) is 0 Å². The van der Waals surface area contributed by atoms with E-state index in [0.29, 0.717) is 0 Å². The molecule has 0 aromatic rings. The zero-order chi connectivity index (χ0) is 9.23. The summed E-state index contributed by atoms with van der Waals surface area (Å²) in [6.45, 7) is 2.17. The topological polar surface area (TPSA) is 20.2 Å². The van der Waals surface area contributed by atoms with Crippen molar-refractivity contribution in [3.8, 4) is 24.2 Å². The monoisotopic (exact) mass is 164 g/mol. The predicted molar refractivity (Wildman–Crippen MR) is 51.4 cm³/mol. The first-order valence-corrected chi connectivity index (χ1v) is 4.43. The number of unbranched alkanes of at least 4 members (excludes halogenated alkanes) is 4. The van der Waals surface area contributed by atoms with E-state index < -0.39 is 6.10 Å². The molecule has 1 heteroatoms. The molecule has 1 atom stereocenters. The molecular weight excluding hydrogens is 148 g/mol. The van der Waals surface area contributed by atoms with Crippen LogP contribution in [0.1, 0.15) is 39.0 Å². The van der Waals surface area contributed by atoms with Crippen LogP contribution < -0.4 is 0 Å². The molecule has 0 aliphatic carbocycles. The molecule has 0 amide bonds. The highest BCUT2D eigenvalue weighted by Gasteiger charge is 1.87. The Hall–Kier alpha value is -0.920. The number of aliphatic hydroxyl groups excluding tert-OH is 1. The summed E-state index contributed by atoms with van der Waals surface area (Å²) in [7, 11) is 0. The van der Waals surface area contributed by atoms with E-state index in [0.717, 1.165) is 12.8 Å². The lowest BCUT2D eigenvalue weighted by Crippen LogP contribution is -1.96. The van der Waals surface area contributed by atoms with Gasteiger partial charge in [0, 0.05) is 6.42 Å². The molecule has 0 saturated heterocycles. The molecule has 0 spiro atoms. The number of hydrogen-bond acceptors (Lipinski definition) is 1. The van der Waals surface area contributed by atoms with E-state index in [9.17, 15) is 0 Å². The molecule has 12 heavy (non-hydrogen) atoms. The van der Waals surface area contributed by atoms with Crippen LogP contribution in [0.2, 0.25) is 0 Å². The standard InChI is InChI=1S/C11H16O/c1-3-5-6-7-8-9-10-11(12)4-2/h2,11-12H,3,5-8H2,1H3. The Balaban J connectivity index is 3.28. The number of aliphatic hydroxyl groups is 1. The molecular formula is C11H16O. The summed E-state index contributed by atoms with van der Waals surface area (Å²) < 4.78 is 0. The van der Waals surface area contributed by atoms with E-state index in [1.165, 1.54) is 19.3 Å². The second-order valence-electron chi connectivity index (χ2n) is 2.70. The van der Waals surface area contributed by atoms with E-state index >= 15 is 0 Å². The van der Waals surface area contributed by atoms with Crippen molar-refractivity contribution in [2.24, 2.45) is 0 Å². The summed E-state index contributed by atoms with van der Waals surface area (Å²) >= 11 is 0. The van der Waals surface area contributed by atoms with Gasteiger partial charge in [0.25, 0.3) is 0 Å². The first-order valence-electron chi connectivity index (χ1n) is 4.43. The van der Waals surface area contributed by atoms with Gasteiger partial charge >= 0.3 is 0 Å². The highest BCUT2D eigenvalue weighted by molar-refractivity contribution is 5.15. The minimum absolute atomic E-state index is 0.846. The molecule has 0 aliphatic rings. The van der Waals surface area contributed by atoms with Crippen LogP contribution >= 0.6 is 0 Å². The minimum Gasteiger partial charge on any atom is -0.369 e. The van der Waals surface area contributed by atoms with Crippen molar-refractivity contribution in [2.45, 2.75) is 45.1 Å². The molecule has 0 heterocycles. The third kappa shape index (κ3) is 7.19. The van der Waals surface area contributed by atoms with Crippen molar-refractivity contribution in [3.05, 3.63) is 0 Å². The van der Waals surface area contributed by atoms with Crippen molar-refractivity contribution in [2.75, 3.05) is 0 Å². The van der Waals surface area contributed by atoms with Crippen molar-refractivity contribution in [1.82, 2.24) is 0 Å². The Morgan fingerprint density at radius 2 is 2.08 bits per heavy atom. The van der Waals surface area contributed by atoms with Gasteiger partial charge < -0.3 is 5.11 Å². The summed E-state index contributed by atoms with van der Waals surface area (Å²) in [4.78, 5) is 0. The van der Waals surface area contributed by atoms with E-state index in [1.54, 1.807) is 0 Å². The van der Waals surface area contributed by atoms with Gasteiger partial charge in [-0.15, -0.1) is 6.42 Å². The number of hydrogen-bond donors (Lipinski definition) is 1. The summed E-state index contributed by atoms with van der Waals surface area (Å²) in [6.07, 6.45) is 9.73. The van der Waals surface area contributed by atoms with Gasteiger partial charge in [0.1, 0.15) is 0 Å². The first kappa shape index (κ1) is 11.1. The normalized spacial score (nSPS) is 11.1. The molecule has 0 aromatic heterocycles. The zero-order valence-electron chi connectivity index (χ0n) is 7.64. The quantitative estimate of drug-likeness (QED) is 0.497. The van der Waals surface area contributed by atoms with Crippen LogP contribution in [0.4, 0.5) is 0 Å². The maximum absolute atomic E-state index is 8.85. The van der Waals surface area contributed by atoms with E-state index in [4.69, 9.17) is 11.5 Å². The highest BCUT2D eigenvalue weighted by atomic mass is 16.3. The van der Waals surface area contributed by atoms with Crippen LogP contribution in [-0.4, -0.2) is 11.2 Å². The van der Waals surface area contributed by atoms with Gasteiger partial charge in [-0.25, -0.2) is 0 Å². The Bertz CT molecular complexity index is 189. The van der Waals surface area contributed by atoms with Gasteiger partial charge in [0.05, 0.1) is 0 Å². The Morgan fingerprint density at radius 1 is 1.33 bits per heavy atom. The number of terminal acetylenes is 1. The van der Waals surface area contributed by atoms with Crippen molar-refractivity contribution < 1.29 is 5.11 Å². The third-order valence-electron chi connectivity index (χ3n) is 1.55. The maximum Gasteiger partial charge on any atom is 0.176 e. The third-order valence-corrected chi connectivity index (χ3v) is 1.55. The van der Waals surface area contributed by atoms with Crippen LogP contribution in [0.5, 0.6) is 0 Å². The SMILES string of the molecule is C#CC(O)C#CCCCCCC. The van der Waals surface area contributed by atoms with E-state index in [-0.39, 0.29) is 0 Å². The molecule has 1 unspecified atom stereocenters. The summed E-state index contributed by atoms with van der Waals surface area (Å²) in [6, 6.07) is 0. The molecule has 0 radical (unpaired) electrons. The average Bonchev–Trinajstić information content (AvgIpc) is 2.10. The van der Waals surface area contributed by atoms with Crippen molar-refractivity contribution in [3.63, 3.8) is 0 Å². The second kappa shape index (κ2) is 8.18. The molecule has 0 fully saturated rings. The smallest absolute Gasteiger partial charge is 0.176 e. The van der Waals surface area contributed by atoms with Gasteiger partial charge in [-0.2, -0.15) is 0 Å². The predicted octanol–water partition coefficient (Wildman–Crippen LogP) is 1.95. The summed E-state index contributed by atoms with van der Waals surface area (Å²) in [5, 5.41) is 8.85. The van der Waals surface area contributed by atoms with Crippen LogP contribution in [-0.2, 0) is 0 Å². The average molecular weight is 164 g/mol. The summed E-state index contributed by atoms with van der Waals surface area (Å²) in [5.41, 5.74) is 0. The number of rotatable bonds is 4. The highest BCUT2D eigenvalue weighted by Crippen LogP contribution is 2.00. The molecule has 1 N–H and O–H groups in total. The van der Waals surface area contributed by atoms with Gasteiger partial charge in [-0.1, -0.05) is 43.9 Å². The molecule has 0 rings (SSSR count). The first-order chi connectivity index (χ1) is 5.81. The van der Waals surface area contributed by atoms with Gasteiger partial charge in [-0.3, -0.25) is 0 Å². The molecule has 0 aromatic carbocycles. The van der Waals surface area contributed by atoms with Gasteiger partial charge in [0.2, 0.25) is 0 Å². The fourth-order valence-electron chi connectivity index (χ4n) is 0.851. The van der Waals surface area contributed by atoms with Crippen LogP contribution in [0.25, 0.3) is 0 Å². The van der Waals surface area contributed by atoms with Crippen LogP contribution in [0.3, 0.4) is 0 Å². The maximum atomic E-state index is 8.85. The Kier molecular flexibility index (Phi) is 7.55. The molecule has 0 aliphatic heterocycles. The second-order valence-corrected chi connectivity index (χ2v) is 2.70. The molecule has 0 bridgehead atoms. The molecule has 0 saturated carbocycles. The lowest BCUT2D eigenvalue weighted by Gasteiger charge is -1.92. The summed E-state index contributed by atoms with van der Waals surface area (Å²) in [5.74, 6) is 7.58. The Labute approximate surface area is 75.2 Å². The lowest BCUT2D eigenvalue weighted by atomic mass is 10.1. The van der Waals surface area contributed by atoms with Crippen molar-refractivity contribution >= 4 is 0 Å². The van der Waals surface area contributed by atoms with Gasteiger partial charge in [-0.05, 0) is 6.42 Å². The fraction of sp³-hybridized carbons (Fsp3) is 0.636. The van der Waals surface area contributed by atoms with E-state index in [2.05, 4.69) is 24.7 Å². The van der Waals surface area contributed by atoms with Crippen LogP contribution in [0.15, 0.2) is 0 Å². The lowest BCUT2D eigenvalue weighted by molar-refractivity contribution is 0.289.